The normalized spacial score (nSPS) is 10.9. The first-order valence-corrected chi connectivity index (χ1v) is 9.29. The van der Waals surface area contributed by atoms with E-state index in [2.05, 4.69) is 10.4 Å². The highest BCUT2D eigenvalue weighted by molar-refractivity contribution is 6.05. The summed E-state index contributed by atoms with van der Waals surface area (Å²) < 4.78 is 12.6. The fourth-order valence-electron chi connectivity index (χ4n) is 2.91. The highest BCUT2D eigenvalue weighted by Gasteiger charge is 2.14. The fraction of sp³-hybridized carbons (Fsp3) is 0.286. The van der Waals surface area contributed by atoms with Crippen molar-refractivity contribution in [2.24, 2.45) is 0 Å². The van der Waals surface area contributed by atoms with Crippen molar-refractivity contribution in [3.63, 3.8) is 0 Å². The molecule has 2 N–H and O–H groups in total. The first-order valence-electron chi connectivity index (χ1n) is 9.29. The number of rotatable bonds is 8. The summed E-state index contributed by atoms with van der Waals surface area (Å²) in [5.41, 5.74) is 1.95. The van der Waals surface area contributed by atoms with Crippen molar-refractivity contribution in [3.05, 3.63) is 48.2 Å². The molecule has 0 atom stereocenters. The maximum atomic E-state index is 12.7. The number of anilines is 1. The van der Waals surface area contributed by atoms with Gasteiger partial charge in [0.2, 0.25) is 0 Å². The minimum atomic E-state index is -1.09. The molecule has 3 rings (SSSR count). The summed E-state index contributed by atoms with van der Waals surface area (Å²) in [6.45, 7) is 5.74. The van der Waals surface area contributed by atoms with Gasteiger partial charge in [0, 0.05) is 22.7 Å². The third-order valence-corrected chi connectivity index (χ3v) is 4.20. The van der Waals surface area contributed by atoms with Crippen LogP contribution in [0.3, 0.4) is 0 Å². The SMILES string of the molecule is CCOc1cc(C(=O)Nc2ccc3cnn(C(C)C)c3c2)ccc1OCC(=O)O. The molecule has 0 saturated carbocycles. The van der Waals surface area contributed by atoms with Crippen molar-refractivity contribution in [2.45, 2.75) is 26.8 Å². The van der Waals surface area contributed by atoms with Crippen LogP contribution in [0.4, 0.5) is 5.69 Å². The van der Waals surface area contributed by atoms with Crippen LogP contribution >= 0.6 is 0 Å². The molecule has 0 aliphatic heterocycles. The van der Waals surface area contributed by atoms with Gasteiger partial charge in [0.25, 0.3) is 5.91 Å². The van der Waals surface area contributed by atoms with E-state index in [1.54, 1.807) is 19.2 Å². The lowest BCUT2D eigenvalue weighted by molar-refractivity contribution is -0.139. The zero-order chi connectivity index (χ0) is 21.0. The van der Waals surface area contributed by atoms with Crippen LogP contribution in [0, 0.1) is 0 Å². The number of aliphatic carboxylic acids is 1. The van der Waals surface area contributed by atoms with Gasteiger partial charge in [0.05, 0.1) is 18.3 Å². The third kappa shape index (κ3) is 4.66. The molecule has 1 aromatic heterocycles. The first kappa shape index (κ1) is 20.2. The Morgan fingerprint density at radius 3 is 2.62 bits per heavy atom. The molecule has 0 bridgehead atoms. The molecule has 0 aliphatic carbocycles. The molecule has 0 fully saturated rings. The van der Waals surface area contributed by atoms with Crippen LogP contribution < -0.4 is 14.8 Å². The smallest absolute Gasteiger partial charge is 0.341 e. The van der Waals surface area contributed by atoms with Crippen molar-refractivity contribution in [1.82, 2.24) is 9.78 Å². The molecule has 8 heteroatoms. The molecule has 0 spiro atoms. The van der Waals surface area contributed by atoms with E-state index in [1.807, 2.05) is 36.7 Å². The van der Waals surface area contributed by atoms with Crippen LogP contribution in [0.2, 0.25) is 0 Å². The lowest BCUT2D eigenvalue weighted by atomic mass is 10.1. The molecule has 0 saturated heterocycles. The van der Waals surface area contributed by atoms with Crippen LogP contribution in [0.25, 0.3) is 10.9 Å². The van der Waals surface area contributed by atoms with E-state index in [0.717, 1.165) is 10.9 Å². The summed E-state index contributed by atoms with van der Waals surface area (Å²) in [6, 6.07) is 10.4. The number of amides is 1. The summed E-state index contributed by atoms with van der Waals surface area (Å²) in [5, 5.41) is 17.0. The zero-order valence-electron chi connectivity index (χ0n) is 16.5. The van der Waals surface area contributed by atoms with E-state index in [-0.39, 0.29) is 17.7 Å². The number of fused-ring (bicyclic) bond motifs is 1. The number of nitrogens with one attached hydrogen (secondary N) is 1. The largest absolute Gasteiger partial charge is 0.490 e. The number of aromatic nitrogens is 2. The molecule has 1 amide bonds. The Labute approximate surface area is 168 Å². The predicted molar refractivity (Wildman–Crippen MR) is 109 cm³/mol. The van der Waals surface area contributed by atoms with Gasteiger partial charge in [0.15, 0.2) is 18.1 Å². The number of carbonyl (C=O) groups excluding carboxylic acids is 1. The van der Waals surface area contributed by atoms with Gasteiger partial charge in [-0.2, -0.15) is 5.10 Å². The van der Waals surface area contributed by atoms with Crippen LogP contribution in [0.1, 0.15) is 37.2 Å². The molecule has 29 heavy (non-hydrogen) atoms. The van der Waals surface area contributed by atoms with Gasteiger partial charge < -0.3 is 19.9 Å². The van der Waals surface area contributed by atoms with Crippen molar-refractivity contribution in [2.75, 3.05) is 18.5 Å². The first-order chi connectivity index (χ1) is 13.9. The number of carboxylic acids is 1. The average Bonchev–Trinajstić information content (AvgIpc) is 3.10. The maximum Gasteiger partial charge on any atom is 0.341 e. The van der Waals surface area contributed by atoms with E-state index in [4.69, 9.17) is 14.6 Å². The molecule has 152 valence electrons. The van der Waals surface area contributed by atoms with Gasteiger partial charge in [-0.05, 0) is 57.2 Å². The molecule has 0 aliphatic rings. The molecule has 3 aromatic rings. The maximum absolute atomic E-state index is 12.7. The number of benzene rings is 2. The van der Waals surface area contributed by atoms with E-state index < -0.39 is 12.6 Å². The topological polar surface area (TPSA) is 103 Å². The van der Waals surface area contributed by atoms with Gasteiger partial charge in [-0.3, -0.25) is 9.48 Å². The quantitative estimate of drug-likeness (QED) is 0.600. The number of carboxylic acid groups (broad SMARTS) is 1. The number of carbonyl (C=O) groups is 2. The van der Waals surface area contributed by atoms with E-state index in [1.165, 1.54) is 12.1 Å². The summed E-state index contributed by atoms with van der Waals surface area (Å²) in [7, 11) is 0. The highest BCUT2D eigenvalue weighted by atomic mass is 16.5. The van der Waals surface area contributed by atoms with Crippen LogP contribution in [-0.4, -0.2) is 40.0 Å². The van der Waals surface area contributed by atoms with E-state index in [9.17, 15) is 9.59 Å². The Hall–Kier alpha value is -3.55. The number of ether oxygens (including phenoxy) is 2. The second-order valence-electron chi connectivity index (χ2n) is 6.69. The summed E-state index contributed by atoms with van der Waals surface area (Å²) in [6.07, 6.45) is 1.80. The van der Waals surface area contributed by atoms with Crippen molar-refractivity contribution in [1.29, 1.82) is 0 Å². The Bertz CT molecular complexity index is 1040. The van der Waals surface area contributed by atoms with Gasteiger partial charge >= 0.3 is 5.97 Å². The Balaban J connectivity index is 1.82. The monoisotopic (exact) mass is 397 g/mol. The third-order valence-electron chi connectivity index (χ3n) is 4.20. The summed E-state index contributed by atoms with van der Waals surface area (Å²) >= 11 is 0. The molecular formula is C21H23N3O5. The predicted octanol–water partition coefficient (Wildman–Crippen LogP) is 3.73. The Kier molecular flexibility index (Phi) is 6.01. The average molecular weight is 397 g/mol. The number of nitrogens with zero attached hydrogens (tertiary/aromatic N) is 2. The number of hydrogen-bond donors (Lipinski definition) is 2. The minimum Gasteiger partial charge on any atom is -0.490 e. The molecule has 1 heterocycles. The van der Waals surface area contributed by atoms with Crippen molar-refractivity contribution in [3.8, 4) is 11.5 Å². The molecular weight excluding hydrogens is 374 g/mol. The van der Waals surface area contributed by atoms with E-state index in [0.29, 0.717) is 23.6 Å². The van der Waals surface area contributed by atoms with Crippen molar-refractivity contribution >= 4 is 28.5 Å². The second kappa shape index (κ2) is 8.64. The number of hydrogen-bond acceptors (Lipinski definition) is 5. The molecule has 0 radical (unpaired) electrons. The zero-order valence-corrected chi connectivity index (χ0v) is 16.5. The minimum absolute atomic E-state index is 0.200. The molecule has 0 unspecified atom stereocenters. The Morgan fingerprint density at radius 2 is 1.93 bits per heavy atom. The van der Waals surface area contributed by atoms with Gasteiger partial charge in [-0.1, -0.05) is 0 Å². The van der Waals surface area contributed by atoms with Crippen LogP contribution in [0.15, 0.2) is 42.6 Å². The highest BCUT2D eigenvalue weighted by Crippen LogP contribution is 2.29. The Morgan fingerprint density at radius 1 is 1.14 bits per heavy atom. The lowest BCUT2D eigenvalue weighted by Gasteiger charge is -2.13. The fourth-order valence-corrected chi connectivity index (χ4v) is 2.91. The second-order valence-corrected chi connectivity index (χ2v) is 6.69. The summed E-state index contributed by atoms with van der Waals surface area (Å²) in [5.74, 6) is -0.821. The van der Waals surface area contributed by atoms with Crippen molar-refractivity contribution < 1.29 is 24.2 Å². The molecule has 2 aromatic carbocycles. The van der Waals surface area contributed by atoms with Gasteiger partial charge in [-0.15, -0.1) is 0 Å². The van der Waals surface area contributed by atoms with Gasteiger partial charge in [-0.25, -0.2) is 4.79 Å². The van der Waals surface area contributed by atoms with E-state index >= 15 is 0 Å². The van der Waals surface area contributed by atoms with Crippen LogP contribution in [0.5, 0.6) is 11.5 Å². The lowest BCUT2D eigenvalue weighted by Crippen LogP contribution is -2.13. The standard InChI is InChI=1S/C21H23N3O5/c1-4-28-19-9-14(6-8-18(19)29-12-20(25)26)21(27)23-16-7-5-15-11-22-24(13(2)3)17(15)10-16/h5-11,13H,4,12H2,1-3H3,(H,23,27)(H,25,26). The molecule has 8 nitrogen and oxygen atoms in total. The summed E-state index contributed by atoms with van der Waals surface area (Å²) in [4.78, 5) is 23.4. The van der Waals surface area contributed by atoms with Crippen LogP contribution in [-0.2, 0) is 4.79 Å². The van der Waals surface area contributed by atoms with Gasteiger partial charge in [0.1, 0.15) is 0 Å².